The van der Waals surface area contributed by atoms with E-state index in [2.05, 4.69) is 5.32 Å². The number of anilines is 1. The molecule has 1 heterocycles. The summed E-state index contributed by atoms with van der Waals surface area (Å²) in [5.41, 5.74) is 1.21. The molecule has 3 amide bonds. The van der Waals surface area contributed by atoms with Gasteiger partial charge in [-0.25, -0.2) is 4.79 Å². The number of carbonyl (C=O) groups excluding carboxylic acids is 3. The average molecular weight is 429 g/mol. The zero-order chi connectivity index (χ0) is 22.4. The standard InChI is InChI=1S/C22H27N3O6/c1-2-31-22(30)23-16-13-15-5-3-6-17-19(15)18(14-16)21(29)25(20(17)28)8-4-7-24(9-11-26)10-12-27/h3,5-6,13-14,26-27H,2,4,7-12H2,1H3,(H,23,30). The van der Waals surface area contributed by atoms with Gasteiger partial charge in [0.1, 0.15) is 0 Å². The molecule has 0 saturated carbocycles. The summed E-state index contributed by atoms with van der Waals surface area (Å²) in [5, 5.41) is 22.1. The Morgan fingerprint density at radius 2 is 1.77 bits per heavy atom. The SMILES string of the molecule is CCOC(=O)Nc1cc2c3c(cccc3c1)C(=O)N(CCCN(CCO)CCO)C2=O. The Morgan fingerprint density at radius 3 is 2.45 bits per heavy atom. The van der Waals surface area contributed by atoms with Crippen molar-refractivity contribution in [1.82, 2.24) is 9.80 Å². The third-order valence-electron chi connectivity index (χ3n) is 5.14. The topological polar surface area (TPSA) is 119 Å². The highest BCUT2D eigenvalue weighted by Crippen LogP contribution is 2.33. The molecule has 0 bridgehead atoms. The van der Waals surface area contributed by atoms with Crippen molar-refractivity contribution in [3.05, 3.63) is 41.5 Å². The number of hydrogen-bond acceptors (Lipinski definition) is 7. The van der Waals surface area contributed by atoms with Crippen LogP contribution in [-0.2, 0) is 4.74 Å². The monoisotopic (exact) mass is 429 g/mol. The van der Waals surface area contributed by atoms with Crippen molar-refractivity contribution in [2.45, 2.75) is 13.3 Å². The summed E-state index contributed by atoms with van der Waals surface area (Å²) in [6.45, 7) is 3.41. The molecule has 0 aromatic heterocycles. The van der Waals surface area contributed by atoms with Gasteiger partial charge in [-0.2, -0.15) is 0 Å². The zero-order valence-corrected chi connectivity index (χ0v) is 17.5. The molecule has 0 unspecified atom stereocenters. The number of aliphatic hydroxyl groups excluding tert-OH is 2. The number of amides is 3. The predicted octanol–water partition coefficient (Wildman–Crippen LogP) is 1.68. The quantitative estimate of drug-likeness (QED) is 0.492. The van der Waals surface area contributed by atoms with Crippen LogP contribution in [0.2, 0.25) is 0 Å². The first-order valence-electron chi connectivity index (χ1n) is 10.3. The zero-order valence-electron chi connectivity index (χ0n) is 17.5. The van der Waals surface area contributed by atoms with Gasteiger partial charge in [0, 0.05) is 42.8 Å². The second-order valence-corrected chi connectivity index (χ2v) is 7.18. The second kappa shape index (κ2) is 10.3. The van der Waals surface area contributed by atoms with E-state index in [1.54, 1.807) is 37.3 Å². The van der Waals surface area contributed by atoms with Crippen LogP contribution in [-0.4, -0.2) is 83.9 Å². The van der Waals surface area contributed by atoms with Gasteiger partial charge in [-0.05, 0) is 36.9 Å². The number of aliphatic hydroxyl groups is 2. The van der Waals surface area contributed by atoms with Gasteiger partial charge in [-0.3, -0.25) is 24.7 Å². The number of rotatable bonds is 10. The van der Waals surface area contributed by atoms with Gasteiger partial charge in [-0.15, -0.1) is 0 Å². The molecule has 1 aliphatic heterocycles. The highest BCUT2D eigenvalue weighted by molar-refractivity contribution is 6.26. The first kappa shape index (κ1) is 22.7. The Balaban J connectivity index is 1.84. The lowest BCUT2D eigenvalue weighted by Crippen LogP contribution is -2.42. The number of benzene rings is 2. The molecular weight excluding hydrogens is 402 g/mol. The van der Waals surface area contributed by atoms with Crippen LogP contribution in [0, 0.1) is 0 Å². The molecule has 1 aliphatic rings. The van der Waals surface area contributed by atoms with E-state index in [9.17, 15) is 14.4 Å². The van der Waals surface area contributed by atoms with E-state index in [0.29, 0.717) is 53.6 Å². The molecule has 166 valence electrons. The van der Waals surface area contributed by atoms with Crippen molar-refractivity contribution in [1.29, 1.82) is 0 Å². The number of nitrogens with one attached hydrogen (secondary N) is 1. The summed E-state index contributed by atoms with van der Waals surface area (Å²) >= 11 is 0. The molecule has 2 aromatic carbocycles. The molecule has 2 aromatic rings. The van der Waals surface area contributed by atoms with Gasteiger partial charge >= 0.3 is 6.09 Å². The van der Waals surface area contributed by atoms with Crippen molar-refractivity contribution in [2.24, 2.45) is 0 Å². The molecule has 31 heavy (non-hydrogen) atoms. The second-order valence-electron chi connectivity index (χ2n) is 7.18. The summed E-state index contributed by atoms with van der Waals surface area (Å²) in [5.74, 6) is -0.776. The fourth-order valence-corrected chi connectivity index (χ4v) is 3.79. The van der Waals surface area contributed by atoms with Gasteiger partial charge in [0.2, 0.25) is 0 Å². The molecule has 0 saturated heterocycles. The van der Waals surface area contributed by atoms with Crippen LogP contribution < -0.4 is 5.32 Å². The van der Waals surface area contributed by atoms with Gasteiger partial charge in [0.25, 0.3) is 11.8 Å². The van der Waals surface area contributed by atoms with Gasteiger partial charge in [-0.1, -0.05) is 12.1 Å². The van der Waals surface area contributed by atoms with Crippen molar-refractivity contribution in [3.8, 4) is 0 Å². The Labute approximate surface area is 180 Å². The summed E-state index contributed by atoms with van der Waals surface area (Å²) in [7, 11) is 0. The van der Waals surface area contributed by atoms with E-state index in [4.69, 9.17) is 14.9 Å². The van der Waals surface area contributed by atoms with Crippen molar-refractivity contribution < 1.29 is 29.3 Å². The van der Waals surface area contributed by atoms with Crippen LogP contribution >= 0.6 is 0 Å². The minimum atomic E-state index is -0.616. The lowest BCUT2D eigenvalue weighted by Gasteiger charge is -2.28. The third-order valence-corrected chi connectivity index (χ3v) is 5.14. The van der Waals surface area contributed by atoms with E-state index in [0.717, 1.165) is 0 Å². The van der Waals surface area contributed by atoms with Crippen LogP contribution in [0.1, 0.15) is 34.1 Å². The third kappa shape index (κ3) is 5.01. The van der Waals surface area contributed by atoms with E-state index < -0.39 is 12.0 Å². The van der Waals surface area contributed by atoms with E-state index in [-0.39, 0.29) is 32.3 Å². The van der Waals surface area contributed by atoms with Crippen LogP contribution in [0.25, 0.3) is 10.8 Å². The van der Waals surface area contributed by atoms with Crippen molar-refractivity contribution in [2.75, 3.05) is 51.3 Å². The minimum absolute atomic E-state index is 0.0345. The summed E-state index contributed by atoms with van der Waals surface area (Å²) in [6.07, 6.45) is -0.113. The summed E-state index contributed by atoms with van der Waals surface area (Å²) in [4.78, 5) is 41.1. The fraction of sp³-hybridized carbons (Fsp3) is 0.409. The Kier molecular flexibility index (Phi) is 7.56. The van der Waals surface area contributed by atoms with Gasteiger partial charge in [0.05, 0.1) is 25.4 Å². The van der Waals surface area contributed by atoms with Gasteiger partial charge in [0.15, 0.2) is 0 Å². The number of hydrogen-bond donors (Lipinski definition) is 3. The minimum Gasteiger partial charge on any atom is -0.450 e. The molecule has 0 fully saturated rings. The maximum Gasteiger partial charge on any atom is 0.411 e. The highest BCUT2D eigenvalue weighted by atomic mass is 16.5. The van der Waals surface area contributed by atoms with Crippen molar-refractivity contribution in [3.63, 3.8) is 0 Å². The first-order chi connectivity index (χ1) is 15.0. The number of nitrogens with zero attached hydrogens (tertiary/aromatic N) is 2. The van der Waals surface area contributed by atoms with Crippen LogP contribution in [0.15, 0.2) is 30.3 Å². The molecule has 0 spiro atoms. The lowest BCUT2D eigenvalue weighted by atomic mass is 9.93. The highest BCUT2D eigenvalue weighted by Gasteiger charge is 2.33. The van der Waals surface area contributed by atoms with E-state index in [1.807, 2.05) is 4.90 Å². The molecule has 0 atom stereocenters. The Bertz CT molecular complexity index is 971. The molecule has 0 radical (unpaired) electrons. The van der Waals surface area contributed by atoms with Gasteiger partial charge < -0.3 is 14.9 Å². The largest absolute Gasteiger partial charge is 0.450 e. The van der Waals surface area contributed by atoms with Crippen LogP contribution in [0.4, 0.5) is 10.5 Å². The van der Waals surface area contributed by atoms with E-state index >= 15 is 0 Å². The molecule has 3 rings (SSSR count). The molecular formula is C22H27N3O6. The Hall–Kier alpha value is -3.01. The maximum absolute atomic E-state index is 13.2. The predicted molar refractivity (Wildman–Crippen MR) is 115 cm³/mol. The van der Waals surface area contributed by atoms with E-state index in [1.165, 1.54) is 4.90 Å². The Morgan fingerprint density at radius 1 is 1.06 bits per heavy atom. The summed E-state index contributed by atoms with van der Waals surface area (Å²) in [6, 6.07) is 8.49. The average Bonchev–Trinajstić information content (AvgIpc) is 2.74. The maximum atomic E-state index is 13.2. The fourth-order valence-electron chi connectivity index (χ4n) is 3.79. The van der Waals surface area contributed by atoms with Crippen molar-refractivity contribution >= 4 is 34.4 Å². The number of imide groups is 1. The van der Waals surface area contributed by atoms with Crippen LogP contribution in [0.5, 0.6) is 0 Å². The molecule has 9 nitrogen and oxygen atoms in total. The van der Waals surface area contributed by atoms with Crippen LogP contribution in [0.3, 0.4) is 0 Å². The number of carbonyl (C=O) groups is 3. The summed E-state index contributed by atoms with van der Waals surface area (Å²) < 4.78 is 4.91. The normalized spacial score (nSPS) is 13.2. The smallest absolute Gasteiger partial charge is 0.411 e. The number of ether oxygens (including phenoxy) is 1. The molecule has 9 heteroatoms. The first-order valence-corrected chi connectivity index (χ1v) is 10.3. The molecule has 3 N–H and O–H groups in total. The molecule has 0 aliphatic carbocycles. The lowest BCUT2D eigenvalue weighted by molar-refractivity contribution is 0.0599.